The van der Waals surface area contributed by atoms with Gasteiger partial charge in [0.25, 0.3) is 0 Å². The van der Waals surface area contributed by atoms with Gasteiger partial charge in [0.2, 0.25) is 0 Å². The Hall–Kier alpha value is -0.610. The van der Waals surface area contributed by atoms with Crippen molar-refractivity contribution in [1.82, 2.24) is 9.97 Å². The molecule has 2 aromatic heterocycles. The van der Waals surface area contributed by atoms with E-state index in [1.54, 1.807) is 11.2 Å². The minimum Gasteiger partial charge on any atom is -0.229 e. The van der Waals surface area contributed by atoms with E-state index in [-0.39, 0.29) is 0 Å². The lowest BCUT2D eigenvalue weighted by molar-refractivity contribution is 0.509. The summed E-state index contributed by atoms with van der Waals surface area (Å²) in [6.07, 6.45) is 5.45. The van der Waals surface area contributed by atoms with Crippen molar-refractivity contribution in [1.29, 1.82) is 0 Å². The van der Waals surface area contributed by atoms with Gasteiger partial charge >= 0.3 is 0 Å². The summed E-state index contributed by atoms with van der Waals surface area (Å²) in [6, 6.07) is 0. The van der Waals surface area contributed by atoms with Crippen molar-refractivity contribution < 1.29 is 0 Å². The van der Waals surface area contributed by atoms with Gasteiger partial charge in [-0.15, -0.1) is 23.1 Å². The summed E-state index contributed by atoms with van der Waals surface area (Å²) >= 11 is 3.74. The third-order valence-electron chi connectivity index (χ3n) is 3.40. The first-order valence-corrected chi connectivity index (χ1v) is 8.26. The molecule has 0 N–H and O–H groups in total. The zero-order valence-electron chi connectivity index (χ0n) is 11.1. The van der Waals surface area contributed by atoms with Crippen LogP contribution in [-0.2, 0) is 12.8 Å². The summed E-state index contributed by atoms with van der Waals surface area (Å²) in [5.41, 5.74) is 1.54. The van der Waals surface area contributed by atoms with Gasteiger partial charge in [0, 0.05) is 15.5 Å². The predicted octanol–water partition coefficient (Wildman–Crippen LogP) is 4.32. The van der Waals surface area contributed by atoms with Gasteiger partial charge in [-0.25, -0.2) is 9.97 Å². The Morgan fingerprint density at radius 2 is 2.22 bits per heavy atom. The molecule has 0 radical (unpaired) electrons. The molecule has 1 atom stereocenters. The van der Waals surface area contributed by atoms with Gasteiger partial charge in [-0.2, -0.15) is 0 Å². The van der Waals surface area contributed by atoms with E-state index in [1.165, 1.54) is 40.1 Å². The highest BCUT2D eigenvalue weighted by molar-refractivity contribution is 8.00. The first-order valence-electron chi connectivity index (χ1n) is 6.57. The van der Waals surface area contributed by atoms with Crippen molar-refractivity contribution >= 4 is 33.3 Å². The molecule has 18 heavy (non-hydrogen) atoms. The van der Waals surface area contributed by atoms with Gasteiger partial charge in [0.15, 0.2) is 0 Å². The smallest absolute Gasteiger partial charge is 0.128 e. The molecule has 0 spiro atoms. The molecule has 96 valence electrons. The molecule has 0 saturated carbocycles. The lowest BCUT2D eigenvalue weighted by atomic mass is 9.89. The number of fused-ring (bicyclic) bond motifs is 3. The molecule has 3 rings (SSSR count). The van der Waals surface area contributed by atoms with Crippen LogP contribution in [0.25, 0.3) is 10.2 Å². The van der Waals surface area contributed by atoms with Crippen molar-refractivity contribution in [2.75, 3.05) is 0 Å². The molecule has 0 bridgehead atoms. The number of hydrogen-bond acceptors (Lipinski definition) is 4. The van der Waals surface area contributed by atoms with Crippen molar-refractivity contribution in [3.63, 3.8) is 0 Å². The first kappa shape index (κ1) is 12.4. The minimum absolute atomic E-state index is 0.571. The highest BCUT2D eigenvalue weighted by atomic mass is 32.2. The molecule has 2 aromatic rings. The molecule has 0 saturated heterocycles. The standard InChI is InChI=1S/C14H18N2S2/c1-8(2)17-13-12-10-5-4-9(3)6-11(10)18-14(12)16-7-15-13/h7-9H,4-6H2,1-3H3. The second-order valence-corrected chi connectivity index (χ2v) is 8.03. The molecule has 0 fully saturated rings. The third-order valence-corrected chi connectivity index (χ3v) is 5.57. The number of thioether (sulfide) groups is 1. The monoisotopic (exact) mass is 278 g/mol. The quantitative estimate of drug-likeness (QED) is 0.604. The largest absolute Gasteiger partial charge is 0.229 e. The van der Waals surface area contributed by atoms with Crippen LogP contribution in [0.3, 0.4) is 0 Å². The normalized spacial score (nSPS) is 19.4. The second kappa shape index (κ2) is 4.82. The molecule has 0 aliphatic heterocycles. The van der Waals surface area contributed by atoms with E-state index in [0.717, 1.165) is 5.92 Å². The SMILES string of the molecule is CC1CCc2c(sc3ncnc(SC(C)C)c23)C1. The van der Waals surface area contributed by atoms with Crippen LogP contribution in [0.1, 0.15) is 37.6 Å². The third kappa shape index (κ3) is 2.16. The van der Waals surface area contributed by atoms with Crippen LogP contribution in [-0.4, -0.2) is 15.2 Å². The number of aromatic nitrogens is 2. The van der Waals surface area contributed by atoms with Crippen molar-refractivity contribution in [2.45, 2.75) is 50.3 Å². The molecular weight excluding hydrogens is 260 g/mol. The van der Waals surface area contributed by atoms with Crippen LogP contribution in [0.2, 0.25) is 0 Å². The summed E-state index contributed by atoms with van der Waals surface area (Å²) in [5, 5.41) is 3.10. The lowest BCUT2D eigenvalue weighted by Crippen LogP contribution is -2.08. The summed E-state index contributed by atoms with van der Waals surface area (Å²) in [4.78, 5) is 11.7. The molecule has 1 aliphatic carbocycles. The summed E-state index contributed by atoms with van der Waals surface area (Å²) in [5.74, 6) is 0.819. The summed E-state index contributed by atoms with van der Waals surface area (Å²) in [7, 11) is 0. The van der Waals surface area contributed by atoms with E-state index in [0.29, 0.717) is 5.25 Å². The molecular formula is C14H18N2S2. The second-order valence-electron chi connectivity index (χ2n) is 5.38. The molecule has 1 aliphatic rings. The Labute approximate surface area is 116 Å². The van der Waals surface area contributed by atoms with Crippen molar-refractivity contribution in [3.8, 4) is 0 Å². The maximum Gasteiger partial charge on any atom is 0.128 e. The maximum atomic E-state index is 4.50. The summed E-state index contributed by atoms with van der Waals surface area (Å²) < 4.78 is 0. The van der Waals surface area contributed by atoms with E-state index in [4.69, 9.17) is 0 Å². The Bertz CT molecular complexity index is 574. The van der Waals surface area contributed by atoms with Gasteiger partial charge in [-0.05, 0) is 30.7 Å². The fourth-order valence-corrected chi connectivity index (χ4v) is 4.87. The number of rotatable bonds is 2. The average molecular weight is 278 g/mol. The van der Waals surface area contributed by atoms with E-state index in [9.17, 15) is 0 Å². The number of aryl methyl sites for hydroxylation is 1. The Kier molecular flexibility index (Phi) is 3.32. The van der Waals surface area contributed by atoms with Crippen LogP contribution in [0.4, 0.5) is 0 Å². The van der Waals surface area contributed by atoms with Crippen LogP contribution >= 0.6 is 23.1 Å². The zero-order chi connectivity index (χ0) is 12.7. The fourth-order valence-electron chi connectivity index (χ4n) is 2.56. The van der Waals surface area contributed by atoms with Crippen LogP contribution in [0.15, 0.2) is 11.4 Å². The number of nitrogens with zero attached hydrogens (tertiary/aromatic N) is 2. The molecule has 4 heteroatoms. The average Bonchev–Trinajstić information content (AvgIpc) is 2.66. The Balaban J connectivity index is 2.15. The molecule has 0 aromatic carbocycles. The maximum absolute atomic E-state index is 4.50. The van der Waals surface area contributed by atoms with E-state index in [1.807, 2.05) is 23.1 Å². The predicted molar refractivity (Wildman–Crippen MR) is 79.6 cm³/mol. The van der Waals surface area contributed by atoms with Crippen LogP contribution in [0.5, 0.6) is 0 Å². The van der Waals surface area contributed by atoms with Crippen molar-refractivity contribution in [2.24, 2.45) is 5.92 Å². The van der Waals surface area contributed by atoms with E-state index >= 15 is 0 Å². The van der Waals surface area contributed by atoms with E-state index in [2.05, 4.69) is 30.7 Å². The highest BCUT2D eigenvalue weighted by Gasteiger charge is 2.23. The summed E-state index contributed by atoms with van der Waals surface area (Å²) in [6.45, 7) is 6.79. The van der Waals surface area contributed by atoms with Crippen LogP contribution < -0.4 is 0 Å². The first-order chi connectivity index (χ1) is 8.65. The molecule has 2 heterocycles. The van der Waals surface area contributed by atoms with Gasteiger partial charge in [0.05, 0.1) is 0 Å². The minimum atomic E-state index is 0.571. The molecule has 1 unspecified atom stereocenters. The fraction of sp³-hybridized carbons (Fsp3) is 0.571. The van der Waals surface area contributed by atoms with E-state index < -0.39 is 0 Å². The molecule has 2 nitrogen and oxygen atoms in total. The number of thiophene rings is 1. The van der Waals surface area contributed by atoms with Gasteiger partial charge in [0.1, 0.15) is 16.2 Å². The Morgan fingerprint density at radius 1 is 1.39 bits per heavy atom. The van der Waals surface area contributed by atoms with Gasteiger partial charge in [-0.1, -0.05) is 20.8 Å². The van der Waals surface area contributed by atoms with Crippen molar-refractivity contribution in [3.05, 3.63) is 16.8 Å². The van der Waals surface area contributed by atoms with Crippen LogP contribution in [0, 0.1) is 5.92 Å². The lowest BCUT2D eigenvalue weighted by Gasteiger charge is -2.18. The van der Waals surface area contributed by atoms with Gasteiger partial charge < -0.3 is 0 Å². The molecule has 0 amide bonds. The highest BCUT2D eigenvalue weighted by Crippen LogP contribution is 2.41. The number of hydrogen-bond donors (Lipinski definition) is 0. The zero-order valence-corrected chi connectivity index (χ0v) is 12.7. The van der Waals surface area contributed by atoms with Gasteiger partial charge in [-0.3, -0.25) is 0 Å². The Morgan fingerprint density at radius 3 is 3.00 bits per heavy atom. The topological polar surface area (TPSA) is 25.8 Å².